The fourth-order valence-electron chi connectivity index (χ4n) is 0.650. The molecule has 1 atom stereocenters. The Morgan fingerprint density at radius 1 is 1.43 bits per heavy atom. The quantitative estimate of drug-likeness (QED) is 0.664. The Morgan fingerprint density at radius 2 is 1.86 bits per heavy atom. The number of rotatable bonds is 3. The molecule has 0 saturated heterocycles. The number of esters is 1. The number of carboxylic acid groups (broad SMARTS) is 1. The summed E-state index contributed by atoms with van der Waals surface area (Å²) < 4.78 is 4.88. The molecule has 0 bridgehead atoms. The molecule has 5 heteroatoms. The first kappa shape index (κ1) is 15.4. The second-order valence-electron chi connectivity index (χ2n) is 3.74. The van der Waals surface area contributed by atoms with E-state index in [1.54, 1.807) is 20.8 Å². The predicted octanol–water partition coefficient (Wildman–Crippen LogP) is 0.766. The highest BCUT2D eigenvalue weighted by Gasteiger charge is 2.21. The summed E-state index contributed by atoms with van der Waals surface area (Å²) in [4.78, 5) is 21.3. The monoisotopic (exact) mass is 205 g/mol. The van der Waals surface area contributed by atoms with Gasteiger partial charge in [-0.05, 0) is 20.8 Å². The highest BCUT2D eigenvalue weighted by molar-refractivity contribution is 5.81. The third kappa shape index (κ3) is 7.54. The molecule has 3 N–H and O–H groups in total. The lowest BCUT2D eigenvalue weighted by molar-refractivity contribution is -0.157. The van der Waals surface area contributed by atoms with E-state index in [1.807, 2.05) is 0 Å². The van der Waals surface area contributed by atoms with Crippen molar-refractivity contribution in [3.63, 3.8) is 0 Å². The Hall–Kier alpha value is -1.10. The van der Waals surface area contributed by atoms with Crippen molar-refractivity contribution in [1.29, 1.82) is 0 Å². The molecule has 0 spiro atoms. The van der Waals surface area contributed by atoms with E-state index < -0.39 is 23.6 Å². The van der Waals surface area contributed by atoms with E-state index in [9.17, 15) is 9.59 Å². The van der Waals surface area contributed by atoms with Gasteiger partial charge in [-0.1, -0.05) is 7.43 Å². The van der Waals surface area contributed by atoms with Crippen LogP contribution in [0.1, 0.15) is 34.6 Å². The van der Waals surface area contributed by atoms with Crippen molar-refractivity contribution in [3.05, 3.63) is 0 Å². The fraction of sp³-hybridized carbons (Fsp3) is 0.778. The Kier molecular flexibility index (Phi) is 6.14. The maximum Gasteiger partial charge on any atom is 0.321 e. The molecule has 0 aliphatic carbocycles. The van der Waals surface area contributed by atoms with Crippen molar-refractivity contribution in [2.45, 2.75) is 46.3 Å². The van der Waals surface area contributed by atoms with E-state index in [4.69, 9.17) is 15.6 Å². The Morgan fingerprint density at radius 3 is 2.14 bits per heavy atom. The predicted molar refractivity (Wildman–Crippen MR) is 52.8 cm³/mol. The standard InChI is InChI=1S/C8H15NO4.CH4/c1-8(2,3)13-6(10)4-5(9)7(11)12;/h5H,4,9H2,1-3H3,(H,11,12);1H4/t5-;/m1./s1. The first-order valence-electron chi connectivity index (χ1n) is 3.92. The number of carbonyl (C=O) groups excluding carboxylic acids is 1. The molecule has 0 rings (SSSR count). The second kappa shape index (κ2) is 5.59. The molecule has 0 aliphatic rings. The van der Waals surface area contributed by atoms with Gasteiger partial charge in [-0.15, -0.1) is 0 Å². The van der Waals surface area contributed by atoms with Crippen LogP contribution in [-0.2, 0) is 14.3 Å². The van der Waals surface area contributed by atoms with Crippen LogP contribution in [0.15, 0.2) is 0 Å². The molecule has 0 radical (unpaired) electrons. The first-order valence-corrected chi connectivity index (χ1v) is 3.92. The second-order valence-corrected chi connectivity index (χ2v) is 3.74. The van der Waals surface area contributed by atoms with Crippen LogP contribution in [0.2, 0.25) is 0 Å². The molecule has 0 aromatic heterocycles. The molecule has 0 heterocycles. The van der Waals surface area contributed by atoms with Crippen LogP contribution in [0.4, 0.5) is 0 Å². The number of carboxylic acids is 1. The molecular formula is C9H19NO4. The number of hydrogen-bond acceptors (Lipinski definition) is 4. The van der Waals surface area contributed by atoms with Gasteiger partial charge in [-0.25, -0.2) is 0 Å². The van der Waals surface area contributed by atoms with E-state index in [-0.39, 0.29) is 13.8 Å². The van der Waals surface area contributed by atoms with Crippen molar-refractivity contribution in [2.24, 2.45) is 5.73 Å². The van der Waals surface area contributed by atoms with Crippen LogP contribution < -0.4 is 5.73 Å². The molecule has 0 aliphatic heterocycles. The van der Waals surface area contributed by atoms with Gasteiger partial charge in [0.1, 0.15) is 11.6 Å². The number of nitrogens with two attached hydrogens (primary N) is 1. The van der Waals surface area contributed by atoms with Crippen molar-refractivity contribution in [3.8, 4) is 0 Å². The normalized spacial score (nSPS) is 12.6. The number of carbonyl (C=O) groups is 2. The minimum atomic E-state index is -1.20. The topological polar surface area (TPSA) is 89.6 Å². The first-order chi connectivity index (χ1) is 5.72. The zero-order valence-corrected chi connectivity index (χ0v) is 8.03. The van der Waals surface area contributed by atoms with Gasteiger partial charge in [0.25, 0.3) is 0 Å². The van der Waals surface area contributed by atoms with Crippen LogP contribution in [0.25, 0.3) is 0 Å². The largest absolute Gasteiger partial charge is 0.480 e. The Labute approximate surface area is 84.2 Å². The molecule has 14 heavy (non-hydrogen) atoms. The fourth-order valence-corrected chi connectivity index (χ4v) is 0.650. The minimum absolute atomic E-state index is 0. The number of ether oxygens (including phenoxy) is 1. The number of aliphatic carboxylic acids is 1. The molecular weight excluding hydrogens is 186 g/mol. The van der Waals surface area contributed by atoms with Crippen LogP contribution >= 0.6 is 0 Å². The third-order valence-electron chi connectivity index (χ3n) is 1.12. The van der Waals surface area contributed by atoms with Crippen LogP contribution in [-0.4, -0.2) is 28.7 Å². The summed E-state index contributed by atoms with van der Waals surface area (Å²) >= 11 is 0. The van der Waals surface area contributed by atoms with Gasteiger partial charge in [-0.2, -0.15) is 0 Å². The van der Waals surface area contributed by atoms with Gasteiger partial charge in [0.15, 0.2) is 0 Å². The van der Waals surface area contributed by atoms with Crippen molar-refractivity contribution >= 4 is 11.9 Å². The lowest BCUT2D eigenvalue weighted by Crippen LogP contribution is -2.35. The van der Waals surface area contributed by atoms with Crippen LogP contribution in [0.3, 0.4) is 0 Å². The highest BCUT2D eigenvalue weighted by atomic mass is 16.6. The van der Waals surface area contributed by atoms with Crippen molar-refractivity contribution in [1.82, 2.24) is 0 Å². The molecule has 0 saturated carbocycles. The molecule has 0 unspecified atom stereocenters. The minimum Gasteiger partial charge on any atom is -0.480 e. The molecule has 84 valence electrons. The van der Waals surface area contributed by atoms with E-state index in [0.717, 1.165) is 0 Å². The smallest absolute Gasteiger partial charge is 0.321 e. The van der Waals surface area contributed by atoms with Crippen LogP contribution in [0.5, 0.6) is 0 Å². The summed E-state index contributed by atoms with van der Waals surface area (Å²) in [6.07, 6.45) is -0.299. The molecule has 0 fully saturated rings. The van der Waals surface area contributed by atoms with E-state index in [2.05, 4.69) is 0 Å². The average molecular weight is 205 g/mol. The van der Waals surface area contributed by atoms with Crippen LogP contribution in [0, 0.1) is 0 Å². The lowest BCUT2D eigenvalue weighted by atomic mass is 10.2. The summed E-state index contributed by atoms with van der Waals surface area (Å²) in [7, 11) is 0. The van der Waals surface area contributed by atoms with Gasteiger partial charge in [0, 0.05) is 0 Å². The Bertz CT molecular complexity index is 207. The maximum absolute atomic E-state index is 11.0. The zero-order valence-electron chi connectivity index (χ0n) is 8.03. The van der Waals surface area contributed by atoms with Crippen molar-refractivity contribution < 1.29 is 19.4 Å². The maximum atomic E-state index is 11.0. The molecule has 0 aromatic rings. The summed E-state index contributed by atoms with van der Waals surface area (Å²) in [5, 5.41) is 8.40. The summed E-state index contributed by atoms with van der Waals surface area (Å²) in [6.45, 7) is 5.12. The third-order valence-corrected chi connectivity index (χ3v) is 1.12. The van der Waals surface area contributed by atoms with Gasteiger partial charge in [0.2, 0.25) is 0 Å². The number of hydrogen-bond donors (Lipinski definition) is 2. The van der Waals surface area contributed by atoms with Gasteiger partial charge >= 0.3 is 11.9 Å². The van der Waals surface area contributed by atoms with E-state index in [0.29, 0.717) is 0 Å². The van der Waals surface area contributed by atoms with E-state index >= 15 is 0 Å². The van der Waals surface area contributed by atoms with Crippen molar-refractivity contribution in [2.75, 3.05) is 0 Å². The summed E-state index contributed by atoms with van der Waals surface area (Å²) in [5.41, 5.74) is 4.53. The molecule has 0 amide bonds. The zero-order chi connectivity index (χ0) is 10.6. The Balaban J connectivity index is 0. The highest BCUT2D eigenvalue weighted by Crippen LogP contribution is 2.08. The SMILES string of the molecule is C.CC(C)(C)OC(=O)C[C@@H](N)C(=O)O. The summed E-state index contributed by atoms with van der Waals surface area (Å²) in [6, 6.07) is -1.19. The summed E-state index contributed by atoms with van der Waals surface area (Å²) in [5.74, 6) is -1.80. The van der Waals surface area contributed by atoms with E-state index in [1.165, 1.54) is 0 Å². The van der Waals surface area contributed by atoms with Gasteiger partial charge in [-0.3, -0.25) is 9.59 Å². The molecule has 5 nitrogen and oxygen atoms in total. The van der Waals surface area contributed by atoms with Gasteiger partial charge < -0.3 is 15.6 Å². The molecule has 0 aromatic carbocycles. The average Bonchev–Trinajstić information content (AvgIpc) is 1.81. The van der Waals surface area contributed by atoms with Gasteiger partial charge in [0.05, 0.1) is 6.42 Å². The lowest BCUT2D eigenvalue weighted by Gasteiger charge is -2.19.